The molecule has 0 unspecified atom stereocenters. The Labute approximate surface area is 197 Å². The lowest BCUT2D eigenvalue weighted by molar-refractivity contribution is -0.0265. The van der Waals surface area contributed by atoms with Gasteiger partial charge in [-0.25, -0.2) is 14.2 Å². The number of amides is 1. The third-order valence-corrected chi connectivity index (χ3v) is 7.56. The van der Waals surface area contributed by atoms with Gasteiger partial charge in [0.25, 0.3) is 0 Å². The Morgan fingerprint density at radius 3 is 2.85 bits per heavy atom. The summed E-state index contributed by atoms with van der Waals surface area (Å²) >= 11 is 0. The number of fused-ring (bicyclic) bond motifs is 2. The van der Waals surface area contributed by atoms with Gasteiger partial charge in [-0.1, -0.05) is 0 Å². The van der Waals surface area contributed by atoms with Crippen molar-refractivity contribution in [3.63, 3.8) is 0 Å². The number of rotatable bonds is 3. The number of benzene rings is 1. The fourth-order valence-electron chi connectivity index (χ4n) is 5.68. The second-order valence-electron chi connectivity index (χ2n) is 9.88. The molecule has 1 saturated heterocycles. The molecular formula is C26H28FN5O2. The number of nitrogens with one attached hydrogen (secondary N) is 3. The molecule has 2 fully saturated rings. The minimum Gasteiger partial charge on any atom is -0.446 e. The monoisotopic (exact) mass is 461 g/mol. The minimum absolute atomic E-state index is 0.0471. The number of pyridine rings is 2. The van der Waals surface area contributed by atoms with Crippen molar-refractivity contribution in [2.75, 3.05) is 30.3 Å². The normalized spacial score (nSPS) is 23.3. The number of carbonyl (C=O) groups excluding carboxylic acids is 1. The third-order valence-electron chi connectivity index (χ3n) is 7.56. The molecule has 3 aromatic rings. The lowest BCUT2D eigenvalue weighted by Gasteiger charge is -2.43. The molecule has 7 nitrogen and oxygen atoms in total. The largest absolute Gasteiger partial charge is 0.446 e. The maximum atomic E-state index is 15.1. The molecule has 2 aromatic heterocycles. The van der Waals surface area contributed by atoms with Crippen LogP contribution in [0.25, 0.3) is 21.9 Å². The molecule has 0 atom stereocenters. The average Bonchev–Trinajstić information content (AvgIpc) is 3.29. The summed E-state index contributed by atoms with van der Waals surface area (Å²) in [6.07, 6.45) is 7.72. The molecule has 0 radical (unpaired) electrons. The van der Waals surface area contributed by atoms with Crippen LogP contribution < -0.4 is 16.0 Å². The van der Waals surface area contributed by atoms with Gasteiger partial charge in [0.15, 0.2) is 0 Å². The van der Waals surface area contributed by atoms with Crippen LogP contribution in [0.3, 0.4) is 0 Å². The molecule has 3 aliphatic rings. The van der Waals surface area contributed by atoms with Gasteiger partial charge >= 0.3 is 6.09 Å². The molecule has 1 amide bonds. The number of hydrogen-bond donors (Lipinski definition) is 3. The Morgan fingerprint density at radius 2 is 2.03 bits per heavy atom. The van der Waals surface area contributed by atoms with Crippen LogP contribution in [0.15, 0.2) is 30.6 Å². The van der Waals surface area contributed by atoms with E-state index in [9.17, 15) is 4.79 Å². The summed E-state index contributed by atoms with van der Waals surface area (Å²) in [5.74, 6) is 0.0592. The average molecular weight is 462 g/mol. The van der Waals surface area contributed by atoms with E-state index in [2.05, 4.69) is 25.9 Å². The SMILES string of the molecule is Cc1c(-c2cc3cc(NC(=O)OC4CC5(CCNC5)C4)ncc3cc2F)cnc2c1NCCC2. The molecule has 0 bridgehead atoms. The molecule has 176 valence electrons. The van der Waals surface area contributed by atoms with Gasteiger partial charge in [0.1, 0.15) is 17.7 Å². The molecule has 1 saturated carbocycles. The first-order valence-electron chi connectivity index (χ1n) is 12.0. The van der Waals surface area contributed by atoms with Gasteiger partial charge < -0.3 is 15.4 Å². The maximum Gasteiger partial charge on any atom is 0.413 e. The molecular weight excluding hydrogens is 433 g/mol. The van der Waals surface area contributed by atoms with E-state index in [0.29, 0.717) is 22.2 Å². The van der Waals surface area contributed by atoms with Crippen molar-refractivity contribution in [2.24, 2.45) is 5.41 Å². The highest BCUT2D eigenvalue weighted by Gasteiger charge is 2.47. The smallest absolute Gasteiger partial charge is 0.413 e. The summed E-state index contributed by atoms with van der Waals surface area (Å²) in [7, 11) is 0. The van der Waals surface area contributed by atoms with Crippen LogP contribution in [0.4, 0.5) is 20.7 Å². The summed E-state index contributed by atoms with van der Waals surface area (Å²) in [6, 6.07) is 5.03. The highest BCUT2D eigenvalue weighted by molar-refractivity contribution is 5.92. The lowest BCUT2D eigenvalue weighted by atomic mass is 9.66. The van der Waals surface area contributed by atoms with Crippen LogP contribution in [0.5, 0.6) is 0 Å². The zero-order valence-electron chi connectivity index (χ0n) is 19.2. The van der Waals surface area contributed by atoms with Gasteiger partial charge in [0.2, 0.25) is 0 Å². The van der Waals surface area contributed by atoms with Gasteiger partial charge in [-0.3, -0.25) is 10.3 Å². The minimum atomic E-state index is -0.499. The van der Waals surface area contributed by atoms with E-state index < -0.39 is 6.09 Å². The second kappa shape index (κ2) is 8.20. The summed E-state index contributed by atoms with van der Waals surface area (Å²) in [6.45, 7) is 4.95. The van der Waals surface area contributed by atoms with E-state index in [1.807, 2.05) is 6.92 Å². The van der Waals surface area contributed by atoms with E-state index >= 15 is 4.39 Å². The molecule has 8 heteroatoms. The molecule has 2 aliphatic heterocycles. The summed E-state index contributed by atoms with van der Waals surface area (Å²) in [4.78, 5) is 21.3. The van der Waals surface area contributed by atoms with Crippen molar-refractivity contribution in [1.29, 1.82) is 0 Å². The Kier molecular flexibility index (Phi) is 5.13. The van der Waals surface area contributed by atoms with Gasteiger partial charge in [-0.2, -0.15) is 0 Å². The number of nitrogens with zero attached hydrogens (tertiary/aromatic N) is 2. The van der Waals surface area contributed by atoms with Crippen LogP contribution in [0, 0.1) is 18.2 Å². The summed E-state index contributed by atoms with van der Waals surface area (Å²) < 4.78 is 20.6. The van der Waals surface area contributed by atoms with Crippen LogP contribution in [0.2, 0.25) is 0 Å². The first-order chi connectivity index (χ1) is 16.5. The van der Waals surface area contributed by atoms with Crippen molar-refractivity contribution in [3.8, 4) is 11.1 Å². The van der Waals surface area contributed by atoms with Gasteiger partial charge in [-0.05, 0) is 80.1 Å². The Balaban J connectivity index is 1.22. The van der Waals surface area contributed by atoms with Crippen LogP contribution in [-0.4, -0.2) is 41.8 Å². The first-order valence-corrected chi connectivity index (χ1v) is 12.0. The maximum absolute atomic E-state index is 15.1. The number of aromatic nitrogens is 2. The predicted molar refractivity (Wildman–Crippen MR) is 130 cm³/mol. The predicted octanol–water partition coefficient (Wildman–Crippen LogP) is 4.79. The van der Waals surface area contributed by atoms with Crippen molar-refractivity contribution in [2.45, 2.75) is 45.1 Å². The zero-order chi connectivity index (χ0) is 23.3. The van der Waals surface area contributed by atoms with E-state index in [1.54, 1.807) is 24.5 Å². The molecule has 34 heavy (non-hydrogen) atoms. The Hall–Kier alpha value is -3.26. The topological polar surface area (TPSA) is 88.2 Å². The molecule has 3 N–H and O–H groups in total. The summed E-state index contributed by atoms with van der Waals surface area (Å²) in [5.41, 5.74) is 4.59. The number of hydrogen-bond acceptors (Lipinski definition) is 6. The molecule has 1 aromatic carbocycles. The number of anilines is 2. The standard InChI is InChI=1S/C26H28FN5O2/c1-15-20(13-30-22-3-2-5-29-24(15)22)19-7-16-9-23(31-12-17(16)8-21(19)27)32-25(33)34-18-10-26(11-18)4-6-28-14-26/h7-9,12-13,18,28-29H,2-6,10-11,14H2,1H3,(H,31,32,33). The number of aryl methyl sites for hydroxylation is 1. The van der Waals surface area contributed by atoms with Crippen LogP contribution >= 0.6 is 0 Å². The quantitative estimate of drug-likeness (QED) is 0.520. The number of carbonyl (C=O) groups is 1. The van der Waals surface area contributed by atoms with Crippen molar-refractivity contribution < 1.29 is 13.9 Å². The number of halogens is 1. The lowest BCUT2D eigenvalue weighted by Crippen LogP contribution is -2.45. The fraction of sp³-hybridized carbons (Fsp3) is 0.423. The van der Waals surface area contributed by atoms with E-state index in [4.69, 9.17) is 4.74 Å². The molecule has 6 rings (SSSR count). The van der Waals surface area contributed by atoms with Crippen molar-refractivity contribution >= 4 is 28.4 Å². The van der Waals surface area contributed by atoms with Gasteiger partial charge in [0, 0.05) is 42.0 Å². The summed E-state index contributed by atoms with van der Waals surface area (Å²) in [5, 5.41) is 11.0. The van der Waals surface area contributed by atoms with E-state index in [-0.39, 0.29) is 11.9 Å². The van der Waals surface area contributed by atoms with Crippen molar-refractivity contribution in [3.05, 3.63) is 47.7 Å². The fourth-order valence-corrected chi connectivity index (χ4v) is 5.68. The van der Waals surface area contributed by atoms with Gasteiger partial charge in [0.05, 0.1) is 11.4 Å². The molecule has 1 spiro atoms. The highest BCUT2D eigenvalue weighted by atomic mass is 19.1. The number of ether oxygens (including phenoxy) is 1. The van der Waals surface area contributed by atoms with E-state index in [0.717, 1.165) is 79.6 Å². The highest BCUT2D eigenvalue weighted by Crippen LogP contribution is 2.47. The molecule has 4 heterocycles. The zero-order valence-corrected chi connectivity index (χ0v) is 19.2. The third kappa shape index (κ3) is 3.76. The van der Waals surface area contributed by atoms with Crippen LogP contribution in [0.1, 0.15) is 36.9 Å². The Morgan fingerprint density at radius 1 is 1.15 bits per heavy atom. The second-order valence-corrected chi connectivity index (χ2v) is 9.88. The van der Waals surface area contributed by atoms with Crippen LogP contribution in [-0.2, 0) is 11.2 Å². The van der Waals surface area contributed by atoms with Gasteiger partial charge in [-0.15, -0.1) is 0 Å². The molecule has 1 aliphatic carbocycles. The van der Waals surface area contributed by atoms with E-state index in [1.165, 1.54) is 6.07 Å². The van der Waals surface area contributed by atoms with Crippen molar-refractivity contribution in [1.82, 2.24) is 15.3 Å². The Bertz CT molecular complexity index is 1280. The first kappa shape index (κ1) is 21.3.